The number of aryl methyl sites for hydroxylation is 4. The number of halogens is 1. The summed E-state index contributed by atoms with van der Waals surface area (Å²) in [5.74, 6) is 1.09. The third-order valence-corrected chi connectivity index (χ3v) is 7.47. The number of nitrogens with zero attached hydrogens (tertiary/aromatic N) is 4. The molecule has 0 aliphatic carbocycles. The minimum atomic E-state index is -0.208. The second-order valence-electron chi connectivity index (χ2n) is 10.2. The Morgan fingerprint density at radius 3 is 1.61 bits per heavy atom. The molecule has 41 heavy (non-hydrogen) atoms. The minimum absolute atomic E-state index is 0. The Balaban J connectivity index is 0. The summed E-state index contributed by atoms with van der Waals surface area (Å²) in [6, 6.07) is 0. The highest BCUT2D eigenvalue weighted by molar-refractivity contribution is 8.13. The largest absolute Gasteiger partial charge is 0.389 e. The predicted molar refractivity (Wildman–Crippen MR) is 175 cm³/mol. The van der Waals surface area contributed by atoms with E-state index in [2.05, 4.69) is 20.5 Å². The maximum Gasteiger partial charge on any atom is 0.270 e. The van der Waals surface area contributed by atoms with Crippen molar-refractivity contribution in [3.05, 3.63) is 43.2 Å². The van der Waals surface area contributed by atoms with Crippen molar-refractivity contribution in [2.75, 3.05) is 0 Å². The van der Waals surface area contributed by atoms with Gasteiger partial charge >= 0.3 is 0 Å². The highest BCUT2D eigenvalue weighted by atomic mass is 35.5. The third kappa shape index (κ3) is 12.6. The van der Waals surface area contributed by atoms with E-state index >= 15 is 0 Å². The standard InChI is InChI=1S/C11H17N3O2S.C8H12N2O2S.C5H8ClNO.3CH4/c1-7-8(10(15)14(4)12-7)6-17-9-5-11(2,3)16-13-9;1-5-7(4-13-6(2)11)8(12)10(3)9-5;1-5(2)3-4(6)7-8-5;;;/h12H,5-6H2,1-4H3;9H,4H2,1-3H3;3H2,1-2H3;3*1H4. The van der Waals surface area contributed by atoms with Crippen LogP contribution in [0.25, 0.3) is 0 Å². The molecule has 2 aliphatic heterocycles. The molecule has 0 saturated carbocycles. The van der Waals surface area contributed by atoms with Crippen LogP contribution in [-0.2, 0) is 40.1 Å². The van der Waals surface area contributed by atoms with E-state index in [4.69, 9.17) is 21.3 Å². The molecule has 0 spiro atoms. The molecule has 2 N–H and O–H groups in total. The highest BCUT2D eigenvalue weighted by Gasteiger charge is 2.29. The Morgan fingerprint density at radius 1 is 0.878 bits per heavy atom. The number of oxime groups is 2. The Hall–Kier alpha value is -2.38. The van der Waals surface area contributed by atoms with Crippen molar-refractivity contribution in [3.63, 3.8) is 0 Å². The summed E-state index contributed by atoms with van der Waals surface area (Å²) < 4.78 is 2.92. The van der Waals surface area contributed by atoms with E-state index in [1.807, 2.05) is 41.5 Å². The van der Waals surface area contributed by atoms with Gasteiger partial charge in [-0.25, -0.2) is 0 Å². The van der Waals surface area contributed by atoms with Gasteiger partial charge in [-0.05, 0) is 41.5 Å². The first kappa shape index (κ1) is 40.8. The number of carbonyl (C=O) groups is 1. The molecule has 0 atom stereocenters. The molecule has 0 fully saturated rings. The van der Waals surface area contributed by atoms with Crippen LogP contribution in [-0.4, -0.2) is 46.1 Å². The van der Waals surface area contributed by atoms with Crippen molar-refractivity contribution < 1.29 is 14.5 Å². The number of carbonyl (C=O) groups excluding carboxylic acids is 1. The van der Waals surface area contributed by atoms with Crippen LogP contribution in [0.1, 0.15) is 92.3 Å². The van der Waals surface area contributed by atoms with E-state index < -0.39 is 0 Å². The zero-order valence-electron chi connectivity index (χ0n) is 23.4. The second kappa shape index (κ2) is 16.9. The van der Waals surface area contributed by atoms with Gasteiger partial charge < -0.3 is 9.68 Å². The minimum Gasteiger partial charge on any atom is -0.389 e. The van der Waals surface area contributed by atoms with Gasteiger partial charge in [0, 0.05) is 67.9 Å². The van der Waals surface area contributed by atoms with E-state index in [1.165, 1.54) is 16.3 Å². The number of aromatic nitrogens is 4. The Labute approximate surface area is 257 Å². The average Bonchev–Trinajstić information content (AvgIpc) is 3.46. The molecule has 0 saturated heterocycles. The summed E-state index contributed by atoms with van der Waals surface area (Å²) in [7, 11) is 3.39. The van der Waals surface area contributed by atoms with Crippen molar-refractivity contribution in [3.8, 4) is 0 Å². The van der Waals surface area contributed by atoms with Gasteiger partial charge in [-0.1, -0.05) is 56.0 Å². The van der Waals surface area contributed by atoms with Crippen LogP contribution in [0.3, 0.4) is 0 Å². The molecule has 0 amide bonds. The second-order valence-corrected chi connectivity index (χ2v) is 12.9. The lowest BCUT2D eigenvalue weighted by molar-refractivity contribution is -0.109. The normalized spacial score (nSPS) is 15.6. The molecule has 11 nitrogen and oxygen atoms in total. The smallest absolute Gasteiger partial charge is 0.270 e. The van der Waals surface area contributed by atoms with Crippen LogP contribution in [0.4, 0.5) is 0 Å². The Morgan fingerprint density at radius 2 is 1.32 bits per heavy atom. The lowest BCUT2D eigenvalue weighted by Gasteiger charge is -2.12. The van der Waals surface area contributed by atoms with Crippen molar-refractivity contribution >= 4 is 50.5 Å². The van der Waals surface area contributed by atoms with Crippen molar-refractivity contribution in [2.24, 2.45) is 24.4 Å². The molecule has 2 aromatic rings. The first-order chi connectivity index (χ1) is 17.5. The van der Waals surface area contributed by atoms with Crippen LogP contribution in [0.15, 0.2) is 19.9 Å². The van der Waals surface area contributed by atoms with Crippen LogP contribution in [0, 0.1) is 13.8 Å². The number of hydrogen-bond donors (Lipinski definition) is 2. The Kier molecular flexibility index (Phi) is 16.8. The SMILES string of the molecule is C.C.C.CC(=O)SCc1c(C)[nH]n(C)c1=O.CC1(C)CC(Cl)=NO1.Cc1[nH]n(C)c(=O)c1CSC1=NOC(C)(C)C1. The average molecular weight is 637 g/mol. The monoisotopic (exact) mass is 636 g/mol. The first-order valence-electron chi connectivity index (χ1n) is 11.9. The molecule has 4 heterocycles. The van der Waals surface area contributed by atoms with E-state index in [-0.39, 0.29) is 49.7 Å². The van der Waals surface area contributed by atoms with Crippen molar-refractivity contribution in [1.29, 1.82) is 0 Å². The maximum atomic E-state index is 11.8. The van der Waals surface area contributed by atoms with E-state index in [0.29, 0.717) is 22.2 Å². The molecular weight excluding hydrogens is 588 g/mol. The number of H-pyrrole nitrogens is 2. The number of thioether (sulfide) groups is 2. The van der Waals surface area contributed by atoms with Crippen molar-refractivity contribution in [1.82, 2.24) is 19.6 Å². The van der Waals surface area contributed by atoms with Gasteiger partial charge in [0.2, 0.25) is 0 Å². The van der Waals surface area contributed by atoms with Gasteiger partial charge in [-0.15, -0.1) is 11.8 Å². The topological polar surface area (TPSA) is 136 Å². The lowest BCUT2D eigenvalue weighted by atomic mass is 10.1. The summed E-state index contributed by atoms with van der Waals surface area (Å²) >= 11 is 8.25. The first-order valence-corrected chi connectivity index (χ1v) is 14.3. The zero-order valence-corrected chi connectivity index (χ0v) is 25.7. The van der Waals surface area contributed by atoms with E-state index in [9.17, 15) is 14.4 Å². The molecule has 0 aromatic carbocycles. The van der Waals surface area contributed by atoms with E-state index in [1.54, 1.807) is 25.9 Å². The van der Waals surface area contributed by atoms with Crippen LogP contribution >= 0.6 is 35.1 Å². The number of hydrogen-bond acceptors (Lipinski definition) is 9. The predicted octanol–water partition coefficient (Wildman–Crippen LogP) is 6.21. The molecule has 2 aliphatic rings. The quantitative estimate of drug-likeness (QED) is 0.407. The molecule has 0 unspecified atom stereocenters. The molecule has 14 heteroatoms. The van der Waals surface area contributed by atoms with Gasteiger partial charge in [-0.3, -0.25) is 33.9 Å². The molecule has 0 radical (unpaired) electrons. The summed E-state index contributed by atoms with van der Waals surface area (Å²) in [5, 5.41) is 15.0. The summed E-state index contributed by atoms with van der Waals surface area (Å²) in [5.41, 5.74) is 2.86. The molecule has 236 valence electrons. The van der Waals surface area contributed by atoms with Gasteiger partial charge in [0.1, 0.15) is 21.4 Å². The number of aromatic amines is 2. The fraction of sp³-hybridized carbons (Fsp3) is 0.667. The molecule has 2 aromatic heterocycles. The van der Waals surface area contributed by atoms with Gasteiger partial charge in [0.05, 0.1) is 0 Å². The number of rotatable bonds is 4. The number of nitrogens with one attached hydrogen (secondary N) is 2. The summed E-state index contributed by atoms with van der Waals surface area (Å²) in [4.78, 5) is 44.1. The van der Waals surface area contributed by atoms with Crippen LogP contribution < -0.4 is 11.1 Å². The summed E-state index contributed by atoms with van der Waals surface area (Å²) in [6.45, 7) is 13.1. The third-order valence-electron chi connectivity index (χ3n) is 5.44. The van der Waals surface area contributed by atoms with Gasteiger partial charge in [0.15, 0.2) is 5.12 Å². The molecular formula is C27H49ClN6O5S2. The van der Waals surface area contributed by atoms with Crippen LogP contribution in [0.2, 0.25) is 0 Å². The van der Waals surface area contributed by atoms with Crippen molar-refractivity contribution in [2.45, 2.75) is 106 Å². The highest BCUT2D eigenvalue weighted by Crippen LogP contribution is 2.29. The fourth-order valence-electron chi connectivity index (χ4n) is 3.40. The van der Waals surface area contributed by atoms with Crippen LogP contribution in [0.5, 0.6) is 0 Å². The fourth-order valence-corrected chi connectivity index (χ4v) is 5.64. The Bertz CT molecular complexity index is 1320. The zero-order chi connectivity index (χ0) is 28.8. The molecule has 4 rings (SSSR count). The van der Waals surface area contributed by atoms with Gasteiger partial charge in [0.25, 0.3) is 11.1 Å². The molecule has 0 bridgehead atoms. The van der Waals surface area contributed by atoms with Gasteiger partial charge in [-0.2, -0.15) is 0 Å². The maximum absolute atomic E-state index is 11.8. The van der Waals surface area contributed by atoms with E-state index in [0.717, 1.165) is 46.6 Å². The summed E-state index contributed by atoms with van der Waals surface area (Å²) in [6.07, 6.45) is 1.54. The lowest BCUT2D eigenvalue weighted by Crippen LogP contribution is -2.18.